The molecule has 0 unspecified atom stereocenters. The summed E-state index contributed by atoms with van der Waals surface area (Å²) in [6.07, 6.45) is 0.824. The SMILES string of the molecule is CCOCN(CCc1cc(OC)c(OC)c(C)c1OC)Cc1ccccc1. The van der Waals surface area contributed by atoms with Gasteiger partial charge in [0, 0.05) is 25.3 Å². The molecule has 0 saturated heterocycles. The molecule has 0 fully saturated rings. The maximum absolute atomic E-state index is 5.67. The highest BCUT2D eigenvalue weighted by atomic mass is 16.5. The molecule has 0 radical (unpaired) electrons. The van der Waals surface area contributed by atoms with E-state index in [-0.39, 0.29) is 0 Å². The molecule has 0 aliphatic heterocycles. The van der Waals surface area contributed by atoms with Crippen LogP contribution in [0.4, 0.5) is 0 Å². The number of nitrogens with zero attached hydrogens (tertiary/aromatic N) is 1. The fourth-order valence-corrected chi connectivity index (χ4v) is 3.22. The molecule has 2 aromatic carbocycles. The zero-order valence-electron chi connectivity index (χ0n) is 17.1. The van der Waals surface area contributed by atoms with Crippen molar-refractivity contribution in [2.24, 2.45) is 0 Å². The van der Waals surface area contributed by atoms with Crippen LogP contribution in [0.3, 0.4) is 0 Å². The van der Waals surface area contributed by atoms with Crippen LogP contribution in [0, 0.1) is 6.92 Å². The van der Waals surface area contributed by atoms with E-state index >= 15 is 0 Å². The van der Waals surface area contributed by atoms with E-state index in [4.69, 9.17) is 18.9 Å². The summed E-state index contributed by atoms with van der Waals surface area (Å²) in [4.78, 5) is 2.30. The Morgan fingerprint density at radius 2 is 1.63 bits per heavy atom. The van der Waals surface area contributed by atoms with Crippen molar-refractivity contribution in [2.75, 3.05) is 41.2 Å². The molecule has 0 aliphatic carbocycles. The molecule has 0 heterocycles. The van der Waals surface area contributed by atoms with Gasteiger partial charge in [-0.15, -0.1) is 0 Å². The number of hydrogen-bond donors (Lipinski definition) is 0. The summed E-state index contributed by atoms with van der Waals surface area (Å²) in [5, 5.41) is 0. The van der Waals surface area contributed by atoms with Gasteiger partial charge in [0.15, 0.2) is 11.5 Å². The first-order valence-electron chi connectivity index (χ1n) is 9.27. The van der Waals surface area contributed by atoms with Crippen LogP contribution in [0.5, 0.6) is 17.2 Å². The normalized spacial score (nSPS) is 10.9. The number of benzene rings is 2. The summed E-state index contributed by atoms with van der Waals surface area (Å²) < 4.78 is 22.3. The highest BCUT2D eigenvalue weighted by molar-refractivity contribution is 5.57. The van der Waals surface area contributed by atoms with Crippen LogP contribution < -0.4 is 14.2 Å². The van der Waals surface area contributed by atoms with Crippen molar-refractivity contribution in [3.63, 3.8) is 0 Å². The van der Waals surface area contributed by atoms with E-state index in [1.54, 1.807) is 21.3 Å². The molecule has 5 nitrogen and oxygen atoms in total. The third kappa shape index (κ3) is 5.62. The molecule has 27 heavy (non-hydrogen) atoms. The molecule has 0 saturated carbocycles. The van der Waals surface area contributed by atoms with Crippen molar-refractivity contribution in [3.8, 4) is 17.2 Å². The molecular formula is C22H31NO4. The van der Waals surface area contributed by atoms with Gasteiger partial charge in [0.2, 0.25) is 0 Å². The second-order valence-corrected chi connectivity index (χ2v) is 6.34. The first-order valence-corrected chi connectivity index (χ1v) is 9.27. The van der Waals surface area contributed by atoms with E-state index in [1.807, 2.05) is 26.0 Å². The van der Waals surface area contributed by atoms with Gasteiger partial charge in [-0.1, -0.05) is 30.3 Å². The van der Waals surface area contributed by atoms with Crippen LogP contribution in [0.15, 0.2) is 36.4 Å². The van der Waals surface area contributed by atoms with E-state index in [0.29, 0.717) is 19.1 Å². The van der Waals surface area contributed by atoms with Crippen LogP contribution in [0.2, 0.25) is 0 Å². The summed E-state index contributed by atoms with van der Waals surface area (Å²) in [6.45, 7) is 6.99. The summed E-state index contributed by atoms with van der Waals surface area (Å²) in [5.41, 5.74) is 3.32. The van der Waals surface area contributed by atoms with Crippen LogP contribution in [-0.4, -0.2) is 46.1 Å². The largest absolute Gasteiger partial charge is 0.496 e. The van der Waals surface area contributed by atoms with E-state index < -0.39 is 0 Å². The Morgan fingerprint density at radius 3 is 2.22 bits per heavy atom. The molecule has 2 aromatic rings. The standard InChI is InChI=1S/C22H31NO4/c1-6-27-16-23(15-18-10-8-7-9-11-18)13-12-19-14-20(24-3)22(26-5)17(2)21(19)25-4/h7-11,14H,6,12-13,15-16H2,1-5H3. The minimum Gasteiger partial charge on any atom is -0.496 e. The van der Waals surface area contributed by atoms with Gasteiger partial charge in [-0.2, -0.15) is 0 Å². The molecule has 5 heteroatoms. The second-order valence-electron chi connectivity index (χ2n) is 6.34. The van der Waals surface area contributed by atoms with E-state index in [1.165, 1.54) is 5.56 Å². The Morgan fingerprint density at radius 1 is 0.926 bits per heavy atom. The Kier molecular flexibility index (Phi) is 8.43. The van der Waals surface area contributed by atoms with Gasteiger partial charge in [-0.3, -0.25) is 4.90 Å². The maximum Gasteiger partial charge on any atom is 0.167 e. The van der Waals surface area contributed by atoms with Crippen molar-refractivity contribution < 1.29 is 18.9 Å². The highest BCUT2D eigenvalue weighted by Gasteiger charge is 2.18. The van der Waals surface area contributed by atoms with Gasteiger partial charge >= 0.3 is 0 Å². The Hall–Kier alpha value is -2.24. The number of rotatable bonds is 11. The first-order chi connectivity index (χ1) is 13.1. The number of methoxy groups -OCH3 is 3. The van der Waals surface area contributed by atoms with Crippen LogP contribution in [0.25, 0.3) is 0 Å². The Labute approximate surface area is 162 Å². The topological polar surface area (TPSA) is 40.2 Å². The quantitative estimate of drug-likeness (QED) is 0.556. The minimum atomic E-state index is 0.597. The zero-order chi connectivity index (χ0) is 19.6. The van der Waals surface area contributed by atoms with Crippen molar-refractivity contribution >= 4 is 0 Å². The smallest absolute Gasteiger partial charge is 0.167 e. The summed E-state index contributed by atoms with van der Waals surface area (Å²) in [6, 6.07) is 12.4. The fourth-order valence-electron chi connectivity index (χ4n) is 3.22. The van der Waals surface area contributed by atoms with Gasteiger partial charge in [0.25, 0.3) is 0 Å². The predicted octanol–water partition coefficient (Wildman–Crippen LogP) is 4.06. The van der Waals surface area contributed by atoms with Gasteiger partial charge in [-0.25, -0.2) is 0 Å². The lowest BCUT2D eigenvalue weighted by Gasteiger charge is -2.23. The molecule has 2 rings (SSSR count). The molecule has 0 bridgehead atoms. The number of ether oxygens (including phenoxy) is 4. The van der Waals surface area contributed by atoms with Crippen LogP contribution in [0.1, 0.15) is 23.6 Å². The average molecular weight is 373 g/mol. The predicted molar refractivity (Wildman–Crippen MR) is 108 cm³/mol. The van der Waals surface area contributed by atoms with Gasteiger partial charge < -0.3 is 18.9 Å². The summed E-state index contributed by atoms with van der Waals surface area (Å²) in [5.74, 6) is 2.29. The average Bonchev–Trinajstić information content (AvgIpc) is 2.70. The lowest BCUT2D eigenvalue weighted by atomic mass is 10.0. The number of hydrogen-bond acceptors (Lipinski definition) is 5. The van der Waals surface area contributed by atoms with Gasteiger partial charge in [0.05, 0.1) is 28.1 Å². The molecule has 0 N–H and O–H groups in total. The zero-order valence-corrected chi connectivity index (χ0v) is 17.1. The summed E-state index contributed by atoms with van der Waals surface area (Å²) in [7, 11) is 5.00. The van der Waals surface area contributed by atoms with Crippen molar-refractivity contribution in [3.05, 3.63) is 53.1 Å². The van der Waals surface area contributed by atoms with Crippen molar-refractivity contribution in [1.29, 1.82) is 0 Å². The molecule has 0 atom stereocenters. The molecule has 0 aliphatic rings. The van der Waals surface area contributed by atoms with Gasteiger partial charge in [0.1, 0.15) is 5.75 Å². The first kappa shape index (κ1) is 21.1. The van der Waals surface area contributed by atoms with Crippen molar-refractivity contribution in [2.45, 2.75) is 26.8 Å². The lowest BCUT2D eigenvalue weighted by Crippen LogP contribution is -2.28. The molecule has 0 amide bonds. The van der Waals surface area contributed by atoms with Gasteiger partial charge in [-0.05, 0) is 37.5 Å². The lowest BCUT2D eigenvalue weighted by molar-refractivity contribution is 0.0313. The highest BCUT2D eigenvalue weighted by Crippen LogP contribution is 2.39. The monoisotopic (exact) mass is 373 g/mol. The summed E-state index contributed by atoms with van der Waals surface area (Å²) >= 11 is 0. The molecule has 148 valence electrons. The Balaban J connectivity index is 2.18. The van der Waals surface area contributed by atoms with Crippen molar-refractivity contribution in [1.82, 2.24) is 4.90 Å². The molecular weight excluding hydrogens is 342 g/mol. The van der Waals surface area contributed by atoms with E-state index in [0.717, 1.165) is 42.1 Å². The minimum absolute atomic E-state index is 0.597. The van der Waals surface area contributed by atoms with E-state index in [2.05, 4.69) is 29.2 Å². The third-order valence-corrected chi connectivity index (χ3v) is 4.55. The third-order valence-electron chi connectivity index (χ3n) is 4.55. The Bertz CT molecular complexity index is 703. The van der Waals surface area contributed by atoms with Crippen LogP contribution in [-0.2, 0) is 17.7 Å². The fraction of sp³-hybridized carbons (Fsp3) is 0.455. The molecule has 0 spiro atoms. The van der Waals surface area contributed by atoms with Crippen LogP contribution >= 0.6 is 0 Å². The second kappa shape index (κ2) is 10.8. The maximum atomic E-state index is 5.67. The molecule has 0 aromatic heterocycles. The van der Waals surface area contributed by atoms with E-state index in [9.17, 15) is 0 Å².